The van der Waals surface area contributed by atoms with Crippen molar-refractivity contribution in [3.05, 3.63) is 21.5 Å². The van der Waals surface area contributed by atoms with Crippen LogP contribution in [-0.4, -0.2) is 15.6 Å². The van der Waals surface area contributed by atoms with Gasteiger partial charge in [-0.15, -0.1) is 0 Å². The topological polar surface area (TPSA) is 42.2 Å². The van der Waals surface area contributed by atoms with E-state index in [9.17, 15) is 9.90 Å². The van der Waals surface area contributed by atoms with Gasteiger partial charge >= 0.3 is 5.97 Å². The fourth-order valence-electron chi connectivity index (χ4n) is 2.58. The molecule has 1 aromatic heterocycles. The van der Waals surface area contributed by atoms with Gasteiger partial charge in [0.15, 0.2) is 0 Å². The summed E-state index contributed by atoms with van der Waals surface area (Å²) in [6.07, 6.45) is 6.47. The zero-order valence-corrected chi connectivity index (χ0v) is 12.4. The maximum absolute atomic E-state index is 11.2. The van der Waals surface area contributed by atoms with Crippen molar-refractivity contribution in [1.82, 2.24) is 4.57 Å². The normalized spacial score (nSPS) is 20.4. The Morgan fingerprint density at radius 2 is 2.06 bits per heavy atom. The summed E-state index contributed by atoms with van der Waals surface area (Å²) in [5.41, 5.74) is 0.847. The monoisotopic (exact) mass is 347 g/mol. The molecule has 0 radical (unpaired) electrons. The van der Waals surface area contributed by atoms with Gasteiger partial charge in [-0.2, -0.15) is 0 Å². The summed E-state index contributed by atoms with van der Waals surface area (Å²) in [6, 6.07) is 2.11. The highest BCUT2D eigenvalue weighted by Gasteiger charge is 2.29. The van der Waals surface area contributed by atoms with Crippen LogP contribution in [0.5, 0.6) is 0 Å². The SMILES string of the molecule is CC1(C)CCC(n2cc(I)cc2C(=O)O)CC1. The van der Waals surface area contributed by atoms with Gasteiger partial charge in [0, 0.05) is 15.8 Å². The lowest BCUT2D eigenvalue weighted by Gasteiger charge is -2.35. The van der Waals surface area contributed by atoms with Crippen LogP contribution >= 0.6 is 22.6 Å². The highest BCUT2D eigenvalue weighted by Crippen LogP contribution is 2.40. The maximum atomic E-state index is 11.2. The fourth-order valence-corrected chi connectivity index (χ4v) is 3.18. The van der Waals surface area contributed by atoms with E-state index in [1.54, 1.807) is 6.07 Å². The van der Waals surface area contributed by atoms with Crippen LogP contribution in [0.4, 0.5) is 0 Å². The number of carbonyl (C=O) groups is 1. The molecule has 1 aliphatic carbocycles. The molecule has 0 bridgehead atoms. The first-order valence-corrected chi connectivity index (χ1v) is 7.08. The Morgan fingerprint density at radius 3 is 2.59 bits per heavy atom. The van der Waals surface area contributed by atoms with Crippen molar-refractivity contribution in [1.29, 1.82) is 0 Å². The van der Waals surface area contributed by atoms with E-state index in [-0.39, 0.29) is 0 Å². The zero-order chi connectivity index (χ0) is 12.6. The highest BCUT2D eigenvalue weighted by molar-refractivity contribution is 14.1. The van der Waals surface area contributed by atoms with Crippen molar-refractivity contribution in [3.8, 4) is 0 Å². The Morgan fingerprint density at radius 1 is 1.47 bits per heavy atom. The number of halogens is 1. The zero-order valence-electron chi connectivity index (χ0n) is 10.2. The molecule has 1 heterocycles. The van der Waals surface area contributed by atoms with E-state index >= 15 is 0 Å². The standard InChI is InChI=1S/C13H18INO2/c1-13(2)5-3-10(4-6-13)15-8-9(14)7-11(15)12(16)17/h7-8,10H,3-6H2,1-2H3,(H,16,17). The summed E-state index contributed by atoms with van der Waals surface area (Å²) >= 11 is 2.18. The van der Waals surface area contributed by atoms with Crippen molar-refractivity contribution < 1.29 is 9.90 Å². The molecule has 4 heteroatoms. The summed E-state index contributed by atoms with van der Waals surface area (Å²) in [5, 5.41) is 9.19. The van der Waals surface area contributed by atoms with Gasteiger partial charge in [-0.05, 0) is 59.8 Å². The molecule has 0 unspecified atom stereocenters. The Balaban J connectivity index is 2.21. The van der Waals surface area contributed by atoms with Crippen LogP contribution in [0, 0.1) is 8.99 Å². The molecular formula is C13H18INO2. The van der Waals surface area contributed by atoms with E-state index in [1.165, 1.54) is 12.8 Å². The number of carboxylic acid groups (broad SMARTS) is 1. The number of aromatic nitrogens is 1. The minimum absolute atomic E-state index is 0.359. The van der Waals surface area contributed by atoms with Crippen LogP contribution in [0.1, 0.15) is 56.1 Å². The summed E-state index contributed by atoms with van der Waals surface area (Å²) in [6.45, 7) is 4.58. The van der Waals surface area contributed by atoms with Gasteiger partial charge in [0.1, 0.15) is 5.69 Å². The van der Waals surface area contributed by atoms with Crippen molar-refractivity contribution in [3.63, 3.8) is 0 Å². The van der Waals surface area contributed by atoms with Crippen molar-refractivity contribution in [2.24, 2.45) is 5.41 Å². The molecule has 1 aromatic rings. The number of aromatic carboxylic acids is 1. The number of hydrogen-bond acceptors (Lipinski definition) is 1. The molecule has 3 nitrogen and oxygen atoms in total. The fraction of sp³-hybridized carbons (Fsp3) is 0.615. The molecule has 94 valence electrons. The lowest BCUT2D eigenvalue weighted by Crippen LogP contribution is -2.24. The van der Waals surface area contributed by atoms with E-state index in [0.29, 0.717) is 17.2 Å². The van der Waals surface area contributed by atoms with Gasteiger partial charge in [-0.3, -0.25) is 0 Å². The average Bonchev–Trinajstić information content (AvgIpc) is 2.60. The highest BCUT2D eigenvalue weighted by atomic mass is 127. The Hall–Kier alpha value is -0.520. The van der Waals surface area contributed by atoms with Gasteiger partial charge in [0.2, 0.25) is 0 Å². The van der Waals surface area contributed by atoms with Crippen LogP contribution in [0.3, 0.4) is 0 Å². The molecule has 1 saturated carbocycles. The summed E-state index contributed by atoms with van der Waals surface area (Å²) in [5.74, 6) is -0.822. The van der Waals surface area contributed by atoms with Gasteiger partial charge in [0.25, 0.3) is 0 Å². The first kappa shape index (κ1) is 12.9. The summed E-state index contributed by atoms with van der Waals surface area (Å²) in [7, 11) is 0. The molecule has 0 aromatic carbocycles. The molecule has 2 rings (SSSR count). The third-order valence-electron chi connectivity index (χ3n) is 3.74. The Labute approximate surface area is 115 Å². The molecule has 0 aliphatic heterocycles. The number of nitrogens with zero attached hydrogens (tertiary/aromatic N) is 1. The third-order valence-corrected chi connectivity index (χ3v) is 4.33. The molecule has 17 heavy (non-hydrogen) atoms. The quantitative estimate of drug-likeness (QED) is 0.824. The maximum Gasteiger partial charge on any atom is 0.352 e. The molecule has 0 atom stereocenters. The van der Waals surface area contributed by atoms with Gasteiger partial charge in [-0.25, -0.2) is 4.79 Å². The molecule has 1 fully saturated rings. The Kier molecular flexibility index (Phi) is 3.52. The predicted octanol–water partition coefficient (Wildman–Crippen LogP) is 3.93. The third kappa shape index (κ3) is 2.84. The first-order chi connectivity index (χ1) is 7.89. The van der Waals surface area contributed by atoms with Crippen molar-refractivity contribution in [2.45, 2.75) is 45.6 Å². The number of rotatable bonds is 2. The first-order valence-electron chi connectivity index (χ1n) is 6.00. The van der Waals surface area contributed by atoms with E-state index < -0.39 is 5.97 Å². The van der Waals surface area contributed by atoms with E-state index in [0.717, 1.165) is 16.4 Å². The Bertz CT molecular complexity index is 427. The van der Waals surface area contributed by atoms with Crippen LogP contribution in [0.15, 0.2) is 12.3 Å². The minimum atomic E-state index is -0.822. The lowest BCUT2D eigenvalue weighted by atomic mass is 9.75. The van der Waals surface area contributed by atoms with Crippen LogP contribution < -0.4 is 0 Å². The second-order valence-corrected chi connectivity index (χ2v) is 6.90. The molecule has 0 saturated heterocycles. The average molecular weight is 347 g/mol. The van der Waals surface area contributed by atoms with Crippen molar-refractivity contribution in [2.75, 3.05) is 0 Å². The molecule has 0 spiro atoms. The lowest BCUT2D eigenvalue weighted by molar-refractivity contribution is 0.0678. The molecule has 1 N–H and O–H groups in total. The largest absolute Gasteiger partial charge is 0.477 e. The van der Waals surface area contributed by atoms with E-state index in [4.69, 9.17) is 0 Å². The summed E-state index contributed by atoms with van der Waals surface area (Å²) in [4.78, 5) is 11.2. The second kappa shape index (κ2) is 4.63. The van der Waals surface area contributed by atoms with E-state index in [2.05, 4.69) is 36.4 Å². The molecule has 1 aliphatic rings. The van der Waals surface area contributed by atoms with Gasteiger partial charge in [0.05, 0.1) is 0 Å². The molecular weight excluding hydrogens is 329 g/mol. The minimum Gasteiger partial charge on any atom is -0.477 e. The smallest absolute Gasteiger partial charge is 0.352 e. The van der Waals surface area contributed by atoms with E-state index in [1.807, 2.05) is 10.8 Å². The van der Waals surface area contributed by atoms with Crippen LogP contribution in [-0.2, 0) is 0 Å². The van der Waals surface area contributed by atoms with Gasteiger partial charge in [-0.1, -0.05) is 13.8 Å². The van der Waals surface area contributed by atoms with Crippen molar-refractivity contribution >= 4 is 28.6 Å². The predicted molar refractivity (Wildman–Crippen MR) is 75.4 cm³/mol. The van der Waals surface area contributed by atoms with Gasteiger partial charge < -0.3 is 9.67 Å². The number of carboxylic acids is 1. The summed E-state index contributed by atoms with van der Waals surface area (Å²) < 4.78 is 2.96. The second-order valence-electron chi connectivity index (χ2n) is 5.65. The number of hydrogen-bond donors (Lipinski definition) is 1. The van der Waals surface area contributed by atoms with Crippen LogP contribution in [0.2, 0.25) is 0 Å². The van der Waals surface area contributed by atoms with Crippen LogP contribution in [0.25, 0.3) is 0 Å². The molecule has 0 amide bonds.